The minimum absolute atomic E-state index is 0.109. The summed E-state index contributed by atoms with van der Waals surface area (Å²) in [5, 5.41) is 13.0. The Balaban J connectivity index is 1.42. The zero-order valence-electron chi connectivity index (χ0n) is 14.6. The van der Waals surface area contributed by atoms with Crippen LogP contribution in [0, 0.1) is 6.92 Å². The molecule has 6 nitrogen and oxygen atoms in total. The molecule has 2 aromatic carbocycles. The summed E-state index contributed by atoms with van der Waals surface area (Å²) in [5.74, 6) is 1.17. The van der Waals surface area contributed by atoms with E-state index in [-0.39, 0.29) is 5.56 Å². The van der Waals surface area contributed by atoms with Crippen LogP contribution in [0.1, 0.15) is 17.0 Å². The Morgan fingerprint density at radius 2 is 1.96 bits per heavy atom. The van der Waals surface area contributed by atoms with Crippen molar-refractivity contribution in [3.05, 3.63) is 75.8 Å². The zero-order chi connectivity index (χ0) is 18.6. The molecule has 0 atom stereocenters. The monoisotopic (exact) mass is 395 g/mol. The Bertz CT molecular complexity index is 1120. The van der Waals surface area contributed by atoms with Crippen molar-refractivity contribution in [2.24, 2.45) is 0 Å². The Kier molecular flexibility index (Phi) is 5.17. The van der Waals surface area contributed by atoms with E-state index in [1.807, 2.05) is 37.3 Å². The summed E-state index contributed by atoms with van der Waals surface area (Å²) in [6.45, 7) is 2.67. The van der Waals surface area contributed by atoms with Gasteiger partial charge in [0.2, 0.25) is 5.13 Å². The van der Waals surface area contributed by atoms with Crippen LogP contribution in [0.3, 0.4) is 0 Å². The van der Waals surface area contributed by atoms with Crippen LogP contribution >= 0.6 is 23.1 Å². The van der Waals surface area contributed by atoms with Crippen LogP contribution in [-0.4, -0.2) is 20.2 Å². The van der Waals surface area contributed by atoms with Crippen LogP contribution in [0.25, 0.3) is 10.9 Å². The number of hydrogen-bond acceptors (Lipinski definition) is 7. The summed E-state index contributed by atoms with van der Waals surface area (Å²) < 4.78 is 0.832. The van der Waals surface area contributed by atoms with Gasteiger partial charge in [-0.25, -0.2) is 4.98 Å². The second-order valence-corrected chi connectivity index (χ2v) is 8.18. The van der Waals surface area contributed by atoms with E-state index >= 15 is 0 Å². The first-order valence-corrected chi connectivity index (χ1v) is 10.2. The molecular weight excluding hydrogens is 378 g/mol. The molecule has 2 aromatic heterocycles. The van der Waals surface area contributed by atoms with Crippen LogP contribution in [-0.2, 0) is 12.3 Å². The van der Waals surface area contributed by atoms with Gasteiger partial charge in [-0.1, -0.05) is 65.6 Å². The SMILES string of the molecule is Cc1cccc2c(=O)[nH]c(CSc3nnc(NCc4ccccc4)s3)nc12. The van der Waals surface area contributed by atoms with Gasteiger partial charge in [0.25, 0.3) is 5.56 Å². The number of nitrogens with zero attached hydrogens (tertiary/aromatic N) is 3. The van der Waals surface area contributed by atoms with Gasteiger partial charge in [-0.2, -0.15) is 0 Å². The lowest BCUT2D eigenvalue weighted by atomic mass is 10.1. The van der Waals surface area contributed by atoms with Gasteiger partial charge < -0.3 is 10.3 Å². The highest BCUT2D eigenvalue weighted by atomic mass is 32.2. The summed E-state index contributed by atoms with van der Waals surface area (Å²) in [7, 11) is 0. The molecule has 0 aliphatic carbocycles. The molecule has 0 spiro atoms. The van der Waals surface area contributed by atoms with Crippen LogP contribution < -0.4 is 10.9 Å². The van der Waals surface area contributed by atoms with Crippen molar-refractivity contribution in [3.8, 4) is 0 Å². The largest absolute Gasteiger partial charge is 0.356 e. The molecule has 0 aliphatic rings. The van der Waals surface area contributed by atoms with Crippen LogP contribution in [0.15, 0.2) is 57.7 Å². The van der Waals surface area contributed by atoms with Crippen molar-refractivity contribution < 1.29 is 0 Å². The molecule has 0 saturated heterocycles. The second-order valence-electron chi connectivity index (χ2n) is 5.98. The average molecular weight is 396 g/mol. The number of para-hydroxylation sites is 1. The number of fused-ring (bicyclic) bond motifs is 1. The average Bonchev–Trinajstić information content (AvgIpc) is 3.14. The summed E-state index contributed by atoms with van der Waals surface area (Å²) >= 11 is 3.00. The third-order valence-electron chi connectivity index (χ3n) is 4.01. The fourth-order valence-corrected chi connectivity index (χ4v) is 4.28. The first kappa shape index (κ1) is 17.7. The summed E-state index contributed by atoms with van der Waals surface area (Å²) in [4.78, 5) is 19.7. The molecule has 2 N–H and O–H groups in total. The molecule has 2 heterocycles. The van der Waals surface area contributed by atoms with Crippen molar-refractivity contribution in [3.63, 3.8) is 0 Å². The van der Waals surface area contributed by atoms with Gasteiger partial charge >= 0.3 is 0 Å². The predicted molar refractivity (Wildman–Crippen MR) is 110 cm³/mol. The number of benzene rings is 2. The molecule has 8 heteroatoms. The van der Waals surface area contributed by atoms with E-state index in [0.717, 1.165) is 20.6 Å². The number of aromatic nitrogens is 4. The van der Waals surface area contributed by atoms with Gasteiger partial charge in [0, 0.05) is 6.54 Å². The third-order valence-corrected chi connectivity index (χ3v) is 6.04. The lowest BCUT2D eigenvalue weighted by molar-refractivity contribution is 0.989. The molecule has 0 aliphatic heterocycles. The molecule has 27 heavy (non-hydrogen) atoms. The number of nitrogens with one attached hydrogen (secondary N) is 2. The first-order valence-electron chi connectivity index (χ1n) is 8.41. The van der Waals surface area contributed by atoms with Gasteiger partial charge in [0.15, 0.2) is 4.34 Å². The van der Waals surface area contributed by atoms with Crippen LogP contribution in [0.5, 0.6) is 0 Å². The fourth-order valence-electron chi connectivity index (χ4n) is 2.66. The molecule has 136 valence electrons. The summed E-state index contributed by atoms with van der Waals surface area (Å²) in [6.07, 6.45) is 0. The minimum atomic E-state index is -0.109. The Hall–Kier alpha value is -2.71. The van der Waals surface area contributed by atoms with Gasteiger partial charge in [-0.3, -0.25) is 4.79 Å². The van der Waals surface area contributed by atoms with Crippen LogP contribution in [0.2, 0.25) is 0 Å². The fraction of sp³-hybridized carbons (Fsp3) is 0.158. The predicted octanol–water partition coefficient (Wildman–Crippen LogP) is 3.99. The highest BCUT2D eigenvalue weighted by Gasteiger charge is 2.09. The number of hydrogen-bond donors (Lipinski definition) is 2. The molecule has 0 amide bonds. The van der Waals surface area contributed by atoms with Crippen molar-refractivity contribution >= 4 is 39.1 Å². The molecule has 4 rings (SSSR count). The highest BCUT2D eigenvalue weighted by Crippen LogP contribution is 2.28. The third kappa shape index (κ3) is 4.17. The smallest absolute Gasteiger partial charge is 0.258 e. The van der Waals surface area contributed by atoms with Crippen molar-refractivity contribution in [2.45, 2.75) is 23.6 Å². The number of anilines is 1. The van der Waals surface area contributed by atoms with E-state index in [0.29, 0.717) is 23.5 Å². The molecule has 0 radical (unpaired) electrons. The van der Waals surface area contributed by atoms with E-state index < -0.39 is 0 Å². The van der Waals surface area contributed by atoms with E-state index in [1.165, 1.54) is 28.7 Å². The maximum absolute atomic E-state index is 12.2. The van der Waals surface area contributed by atoms with E-state index in [9.17, 15) is 4.79 Å². The number of rotatable bonds is 6. The molecule has 0 fully saturated rings. The normalized spacial score (nSPS) is 11.0. The minimum Gasteiger partial charge on any atom is -0.356 e. The van der Waals surface area contributed by atoms with Crippen molar-refractivity contribution in [2.75, 3.05) is 5.32 Å². The van der Waals surface area contributed by atoms with E-state index in [4.69, 9.17) is 0 Å². The first-order chi connectivity index (χ1) is 13.2. The van der Waals surface area contributed by atoms with Crippen molar-refractivity contribution in [1.29, 1.82) is 0 Å². The standard InChI is InChI=1S/C19H17N5OS2/c1-12-6-5-9-14-16(12)21-15(22-17(14)25)11-26-19-24-23-18(27-19)20-10-13-7-3-2-4-8-13/h2-9H,10-11H2,1H3,(H,20,23)(H,21,22,25). The second kappa shape index (κ2) is 7.89. The zero-order valence-corrected chi connectivity index (χ0v) is 16.2. The molecular formula is C19H17N5OS2. The highest BCUT2D eigenvalue weighted by molar-refractivity contribution is 8.00. The summed E-state index contributed by atoms with van der Waals surface area (Å²) in [5.41, 5.74) is 2.82. The quantitative estimate of drug-likeness (QED) is 0.480. The molecule has 0 unspecified atom stereocenters. The molecule has 4 aromatic rings. The van der Waals surface area contributed by atoms with Gasteiger partial charge in [-0.15, -0.1) is 10.2 Å². The number of H-pyrrole nitrogens is 1. The van der Waals surface area contributed by atoms with Crippen molar-refractivity contribution in [1.82, 2.24) is 20.2 Å². The lowest BCUT2D eigenvalue weighted by Gasteiger charge is -2.03. The number of thioether (sulfide) groups is 1. The topological polar surface area (TPSA) is 83.6 Å². The van der Waals surface area contributed by atoms with Crippen LogP contribution in [0.4, 0.5) is 5.13 Å². The number of aryl methyl sites for hydroxylation is 1. The summed E-state index contributed by atoms with van der Waals surface area (Å²) in [6, 6.07) is 15.8. The lowest BCUT2D eigenvalue weighted by Crippen LogP contribution is -2.11. The molecule has 0 bridgehead atoms. The van der Waals surface area contributed by atoms with E-state index in [2.05, 4.69) is 37.6 Å². The van der Waals surface area contributed by atoms with Gasteiger partial charge in [-0.05, 0) is 24.1 Å². The van der Waals surface area contributed by atoms with E-state index in [1.54, 1.807) is 6.07 Å². The number of aromatic amines is 1. The molecule has 0 saturated carbocycles. The Labute approximate surface area is 164 Å². The Morgan fingerprint density at radius 1 is 1.11 bits per heavy atom. The van der Waals surface area contributed by atoms with Gasteiger partial charge in [0.05, 0.1) is 16.7 Å². The maximum atomic E-state index is 12.2. The van der Waals surface area contributed by atoms with Gasteiger partial charge in [0.1, 0.15) is 5.82 Å². The maximum Gasteiger partial charge on any atom is 0.258 e. The Morgan fingerprint density at radius 3 is 2.81 bits per heavy atom.